The number of ether oxygens (including phenoxy) is 1. The van der Waals surface area contributed by atoms with Crippen molar-refractivity contribution in [2.75, 3.05) is 6.54 Å². The van der Waals surface area contributed by atoms with Gasteiger partial charge in [-0.2, -0.15) is 0 Å². The van der Waals surface area contributed by atoms with Crippen LogP contribution in [0.1, 0.15) is 32.3 Å². The summed E-state index contributed by atoms with van der Waals surface area (Å²) in [5.74, 6) is -0.869. The largest absolute Gasteiger partial charge is 0.481 e. The SMILES string of the molecule is CC1(C)C(CC(=O)O)CCN1C(=O)OCc1ccccc1. The van der Waals surface area contributed by atoms with Gasteiger partial charge in [-0.25, -0.2) is 4.79 Å². The minimum absolute atomic E-state index is 0.0423. The Labute approximate surface area is 124 Å². The summed E-state index contributed by atoms with van der Waals surface area (Å²) in [5, 5.41) is 8.95. The average molecular weight is 291 g/mol. The first kappa shape index (κ1) is 15.4. The fourth-order valence-electron chi connectivity index (χ4n) is 2.83. The molecule has 1 saturated heterocycles. The van der Waals surface area contributed by atoms with Crippen LogP contribution in [-0.2, 0) is 16.1 Å². The van der Waals surface area contributed by atoms with Gasteiger partial charge in [-0.05, 0) is 31.7 Å². The summed E-state index contributed by atoms with van der Waals surface area (Å²) in [4.78, 5) is 24.8. The molecule has 1 atom stereocenters. The Morgan fingerprint density at radius 3 is 2.62 bits per heavy atom. The molecule has 1 aliphatic heterocycles. The van der Waals surface area contributed by atoms with E-state index in [4.69, 9.17) is 9.84 Å². The number of aliphatic carboxylic acids is 1. The number of carbonyl (C=O) groups excluding carboxylic acids is 1. The molecule has 1 aromatic carbocycles. The normalized spacial score (nSPS) is 20.3. The van der Waals surface area contributed by atoms with E-state index in [0.717, 1.165) is 5.56 Å². The van der Waals surface area contributed by atoms with E-state index in [-0.39, 0.29) is 25.0 Å². The third kappa shape index (κ3) is 3.54. The van der Waals surface area contributed by atoms with Crippen molar-refractivity contribution in [2.24, 2.45) is 5.92 Å². The van der Waals surface area contributed by atoms with Gasteiger partial charge in [0.15, 0.2) is 0 Å². The number of amides is 1. The smallest absolute Gasteiger partial charge is 0.410 e. The van der Waals surface area contributed by atoms with Crippen LogP contribution in [0.25, 0.3) is 0 Å². The molecular weight excluding hydrogens is 270 g/mol. The number of benzene rings is 1. The van der Waals surface area contributed by atoms with Crippen molar-refractivity contribution >= 4 is 12.1 Å². The first-order valence-electron chi connectivity index (χ1n) is 7.11. The lowest BCUT2D eigenvalue weighted by atomic mass is 9.86. The van der Waals surface area contributed by atoms with Crippen molar-refractivity contribution in [1.29, 1.82) is 0 Å². The summed E-state index contributed by atoms with van der Waals surface area (Å²) < 4.78 is 5.34. The number of hydrogen-bond acceptors (Lipinski definition) is 3. The van der Waals surface area contributed by atoms with E-state index in [2.05, 4.69) is 0 Å². The lowest BCUT2D eigenvalue weighted by molar-refractivity contribution is -0.138. The van der Waals surface area contributed by atoms with Crippen molar-refractivity contribution < 1.29 is 19.4 Å². The number of carboxylic acid groups (broad SMARTS) is 1. The number of carbonyl (C=O) groups is 2. The molecular formula is C16H21NO4. The number of rotatable bonds is 4. The Hall–Kier alpha value is -2.04. The summed E-state index contributed by atoms with van der Waals surface area (Å²) in [7, 11) is 0. The molecule has 0 radical (unpaired) electrons. The lowest BCUT2D eigenvalue weighted by Crippen LogP contribution is -2.46. The highest BCUT2D eigenvalue weighted by Crippen LogP contribution is 2.37. The van der Waals surface area contributed by atoms with Gasteiger partial charge in [0.25, 0.3) is 0 Å². The molecule has 0 aliphatic carbocycles. The minimum Gasteiger partial charge on any atom is -0.481 e. The molecule has 1 heterocycles. The van der Waals surface area contributed by atoms with Gasteiger partial charge in [0.1, 0.15) is 6.61 Å². The second kappa shape index (κ2) is 6.16. The van der Waals surface area contributed by atoms with Crippen molar-refractivity contribution in [2.45, 2.75) is 38.8 Å². The van der Waals surface area contributed by atoms with E-state index >= 15 is 0 Å². The maximum atomic E-state index is 12.2. The molecule has 1 N–H and O–H groups in total. The summed E-state index contributed by atoms with van der Waals surface area (Å²) in [5.41, 5.74) is 0.441. The van der Waals surface area contributed by atoms with Gasteiger partial charge in [0.05, 0.1) is 6.42 Å². The zero-order chi connectivity index (χ0) is 15.5. The predicted octanol–water partition coefficient (Wildman–Crippen LogP) is 2.90. The number of nitrogens with zero attached hydrogens (tertiary/aromatic N) is 1. The molecule has 1 aliphatic rings. The summed E-state index contributed by atoms with van der Waals surface area (Å²) in [6.07, 6.45) is 0.395. The third-order valence-electron chi connectivity index (χ3n) is 4.24. The van der Waals surface area contributed by atoms with Crippen LogP contribution in [0.5, 0.6) is 0 Å². The monoisotopic (exact) mass is 291 g/mol. The fourth-order valence-corrected chi connectivity index (χ4v) is 2.83. The van der Waals surface area contributed by atoms with E-state index in [9.17, 15) is 9.59 Å². The molecule has 5 nitrogen and oxygen atoms in total. The zero-order valence-corrected chi connectivity index (χ0v) is 12.4. The molecule has 114 valence electrons. The summed E-state index contributed by atoms with van der Waals surface area (Å²) in [6, 6.07) is 9.49. The average Bonchev–Trinajstić information content (AvgIpc) is 2.72. The van der Waals surface area contributed by atoms with Crippen molar-refractivity contribution in [3.63, 3.8) is 0 Å². The van der Waals surface area contributed by atoms with Gasteiger partial charge < -0.3 is 14.7 Å². The van der Waals surface area contributed by atoms with Crippen LogP contribution < -0.4 is 0 Å². The summed E-state index contributed by atoms with van der Waals surface area (Å²) in [6.45, 7) is 4.57. The maximum Gasteiger partial charge on any atom is 0.410 e. The van der Waals surface area contributed by atoms with Crippen LogP contribution in [0.2, 0.25) is 0 Å². The maximum absolute atomic E-state index is 12.2. The van der Waals surface area contributed by atoms with Crippen LogP contribution in [0.3, 0.4) is 0 Å². The third-order valence-corrected chi connectivity index (χ3v) is 4.24. The first-order valence-corrected chi connectivity index (χ1v) is 7.11. The summed E-state index contributed by atoms with van der Waals surface area (Å²) >= 11 is 0. The van der Waals surface area contributed by atoms with Gasteiger partial charge in [0, 0.05) is 12.1 Å². The van der Waals surface area contributed by atoms with E-state index in [1.54, 1.807) is 4.90 Å². The quantitative estimate of drug-likeness (QED) is 0.926. The molecule has 5 heteroatoms. The van der Waals surface area contributed by atoms with E-state index < -0.39 is 11.5 Å². The van der Waals surface area contributed by atoms with Crippen LogP contribution in [-0.4, -0.2) is 34.2 Å². The zero-order valence-electron chi connectivity index (χ0n) is 12.4. The number of hydrogen-bond donors (Lipinski definition) is 1. The highest BCUT2D eigenvalue weighted by atomic mass is 16.6. The van der Waals surface area contributed by atoms with Crippen molar-refractivity contribution in [3.8, 4) is 0 Å². The van der Waals surface area contributed by atoms with Gasteiger partial charge in [-0.3, -0.25) is 4.79 Å². The Bertz CT molecular complexity index is 512. The highest BCUT2D eigenvalue weighted by molar-refractivity contribution is 5.71. The van der Waals surface area contributed by atoms with E-state index in [0.29, 0.717) is 13.0 Å². The molecule has 0 spiro atoms. The second-order valence-corrected chi connectivity index (χ2v) is 5.93. The van der Waals surface area contributed by atoms with E-state index in [1.165, 1.54) is 0 Å². The predicted molar refractivity (Wildman–Crippen MR) is 77.8 cm³/mol. The topological polar surface area (TPSA) is 66.8 Å². The second-order valence-electron chi connectivity index (χ2n) is 5.93. The fraction of sp³-hybridized carbons (Fsp3) is 0.500. The molecule has 1 aromatic rings. The standard InChI is InChI=1S/C16H21NO4/c1-16(2)13(10-14(18)19)8-9-17(16)15(20)21-11-12-6-4-3-5-7-12/h3-7,13H,8-11H2,1-2H3,(H,18,19). The van der Waals surface area contributed by atoms with E-state index in [1.807, 2.05) is 44.2 Å². The van der Waals surface area contributed by atoms with Crippen LogP contribution in [0, 0.1) is 5.92 Å². The molecule has 1 fully saturated rings. The molecule has 2 rings (SSSR count). The van der Waals surface area contributed by atoms with Crippen molar-refractivity contribution in [1.82, 2.24) is 4.90 Å². The van der Waals surface area contributed by atoms with Crippen LogP contribution in [0.4, 0.5) is 4.79 Å². The van der Waals surface area contributed by atoms with Crippen LogP contribution >= 0.6 is 0 Å². The molecule has 0 saturated carbocycles. The molecule has 1 amide bonds. The Balaban J connectivity index is 1.95. The first-order chi connectivity index (χ1) is 9.91. The van der Waals surface area contributed by atoms with Crippen molar-refractivity contribution in [3.05, 3.63) is 35.9 Å². The van der Waals surface area contributed by atoms with Crippen LogP contribution in [0.15, 0.2) is 30.3 Å². The Morgan fingerprint density at radius 2 is 2.00 bits per heavy atom. The molecule has 0 aromatic heterocycles. The van der Waals surface area contributed by atoms with Gasteiger partial charge >= 0.3 is 12.1 Å². The molecule has 21 heavy (non-hydrogen) atoms. The molecule has 0 bridgehead atoms. The Morgan fingerprint density at radius 1 is 1.33 bits per heavy atom. The Kier molecular flexibility index (Phi) is 4.50. The lowest BCUT2D eigenvalue weighted by Gasteiger charge is -2.34. The highest BCUT2D eigenvalue weighted by Gasteiger charge is 2.45. The van der Waals surface area contributed by atoms with Gasteiger partial charge in [-0.15, -0.1) is 0 Å². The number of likely N-dealkylation sites (tertiary alicyclic amines) is 1. The molecule has 1 unspecified atom stereocenters. The van der Waals surface area contributed by atoms with Gasteiger partial charge in [-0.1, -0.05) is 30.3 Å². The van der Waals surface area contributed by atoms with Gasteiger partial charge in [0.2, 0.25) is 0 Å². The number of carboxylic acids is 1. The minimum atomic E-state index is -0.826.